The first-order chi connectivity index (χ1) is 10.5. The van der Waals surface area contributed by atoms with Crippen molar-refractivity contribution in [2.45, 2.75) is 65.2 Å². The van der Waals surface area contributed by atoms with Gasteiger partial charge in [-0.15, -0.1) is 0 Å². The van der Waals surface area contributed by atoms with Crippen LogP contribution in [0.2, 0.25) is 0 Å². The summed E-state index contributed by atoms with van der Waals surface area (Å²) in [7, 11) is 0. The molecule has 2 fully saturated rings. The molecule has 134 valence electrons. The summed E-state index contributed by atoms with van der Waals surface area (Å²) in [5, 5.41) is 5.67. The lowest BCUT2D eigenvalue weighted by molar-refractivity contribution is -0.174. The van der Waals surface area contributed by atoms with Crippen molar-refractivity contribution in [3.63, 3.8) is 0 Å². The highest BCUT2D eigenvalue weighted by atomic mass is 19.4. The molecule has 4 atom stereocenters. The van der Waals surface area contributed by atoms with E-state index in [1.165, 1.54) is 6.42 Å². The first kappa shape index (κ1) is 18.4. The molecule has 23 heavy (non-hydrogen) atoms. The maximum absolute atomic E-state index is 12.1. The van der Waals surface area contributed by atoms with Gasteiger partial charge in [0, 0.05) is 6.04 Å². The maximum Gasteiger partial charge on any atom is 0.411 e. The largest absolute Gasteiger partial charge is 0.411 e. The highest BCUT2D eigenvalue weighted by Crippen LogP contribution is 2.65. The highest BCUT2D eigenvalue weighted by Gasteiger charge is 2.61. The summed E-state index contributed by atoms with van der Waals surface area (Å²) in [6.45, 7) is 6.92. The van der Waals surface area contributed by atoms with Gasteiger partial charge in [0.2, 0.25) is 0 Å². The number of hydrogen-bond acceptors (Lipinski definition) is 2. The summed E-state index contributed by atoms with van der Waals surface area (Å²) in [6.07, 6.45) is -1.08. The van der Waals surface area contributed by atoms with Crippen molar-refractivity contribution in [1.82, 2.24) is 10.6 Å². The second-order valence-corrected chi connectivity index (χ2v) is 7.81. The Bertz CT molecular complexity index is 453. The molecule has 0 heterocycles. The van der Waals surface area contributed by atoms with E-state index in [-0.39, 0.29) is 29.5 Å². The lowest BCUT2D eigenvalue weighted by Crippen LogP contribution is -2.52. The number of hydrogen-bond donors (Lipinski definition) is 2. The molecule has 0 aliphatic heterocycles. The minimum Gasteiger partial charge on any atom is -0.370 e. The van der Waals surface area contributed by atoms with E-state index in [1.807, 2.05) is 0 Å². The molecule has 2 saturated carbocycles. The third kappa shape index (κ3) is 3.75. The number of ether oxygens (including phenoxy) is 1. The van der Waals surface area contributed by atoms with Gasteiger partial charge in [0.1, 0.15) is 6.61 Å². The Labute approximate surface area is 135 Å². The van der Waals surface area contributed by atoms with Crippen LogP contribution in [0.15, 0.2) is 0 Å². The first-order valence-corrected chi connectivity index (χ1v) is 8.17. The maximum atomic E-state index is 12.1. The molecule has 0 aromatic heterocycles. The van der Waals surface area contributed by atoms with Crippen LogP contribution in [0.3, 0.4) is 0 Å². The van der Waals surface area contributed by atoms with Gasteiger partial charge in [-0.05, 0) is 42.9 Å². The molecule has 0 spiro atoms. The van der Waals surface area contributed by atoms with Crippen LogP contribution in [0.25, 0.3) is 0 Å². The van der Waals surface area contributed by atoms with E-state index in [9.17, 15) is 18.0 Å². The van der Waals surface area contributed by atoms with E-state index in [2.05, 4.69) is 36.1 Å². The van der Waals surface area contributed by atoms with Gasteiger partial charge in [-0.25, -0.2) is 4.79 Å². The fourth-order valence-corrected chi connectivity index (χ4v) is 4.24. The lowest BCUT2D eigenvalue weighted by atomic mass is 9.69. The molecular weight excluding hydrogens is 309 g/mol. The first-order valence-electron chi connectivity index (χ1n) is 8.17. The van der Waals surface area contributed by atoms with Crippen LogP contribution in [0.5, 0.6) is 0 Å². The molecule has 0 aromatic rings. The molecule has 2 aliphatic rings. The molecule has 2 bridgehead atoms. The van der Waals surface area contributed by atoms with Gasteiger partial charge in [0.25, 0.3) is 0 Å². The quantitative estimate of drug-likeness (QED) is 0.808. The standard InChI is InChI=1S/C16H27F3N2O2/c1-10(8-23-9-16(17,18)19)20-13(22)21-12-7-11-5-6-15(12,4)14(11,2)3/h10-12H,5-9H2,1-4H3,(H2,20,21,22)/t10-,11-,12+,15-/m1/s1. The number of rotatable bonds is 5. The van der Waals surface area contributed by atoms with E-state index in [0.717, 1.165) is 12.8 Å². The Balaban J connectivity index is 1.78. The third-order valence-electron chi connectivity index (χ3n) is 6.11. The van der Waals surface area contributed by atoms with Crippen molar-refractivity contribution in [2.75, 3.05) is 13.2 Å². The van der Waals surface area contributed by atoms with E-state index in [4.69, 9.17) is 0 Å². The third-order valence-corrected chi connectivity index (χ3v) is 6.11. The minimum absolute atomic E-state index is 0.0744. The predicted octanol–water partition coefficient (Wildman–Crippen LogP) is 3.47. The van der Waals surface area contributed by atoms with Crippen molar-refractivity contribution < 1.29 is 22.7 Å². The van der Waals surface area contributed by atoms with Crippen LogP contribution in [0.4, 0.5) is 18.0 Å². The number of alkyl halides is 3. The zero-order valence-corrected chi connectivity index (χ0v) is 14.2. The molecule has 2 rings (SSSR count). The van der Waals surface area contributed by atoms with Crippen molar-refractivity contribution in [2.24, 2.45) is 16.7 Å². The molecule has 7 heteroatoms. The van der Waals surface area contributed by atoms with Crippen LogP contribution >= 0.6 is 0 Å². The van der Waals surface area contributed by atoms with Crippen LogP contribution in [-0.4, -0.2) is 37.5 Å². The van der Waals surface area contributed by atoms with Crippen LogP contribution < -0.4 is 10.6 Å². The van der Waals surface area contributed by atoms with Crippen molar-refractivity contribution in [3.8, 4) is 0 Å². The number of amides is 2. The topological polar surface area (TPSA) is 50.4 Å². The van der Waals surface area contributed by atoms with Crippen LogP contribution in [0, 0.1) is 16.7 Å². The summed E-state index contributed by atoms with van der Waals surface area (Å²) in [5.74, 6) is 0.616. The normalized spacial score (nSPS) is 33.5. The Kier molecular flexibility index (Phi) is 4.91. The Morgan fingerprint density at radius 1 is 1.35 bits per heavy atom. The summed E-state index contributed by atoms with van der Waals surface area (Å²) in [6, 6.07) is -0.695. The molecule has 0 radical (unpaired) electrons. The van der Waals surface area contributed by atoms with Gasteiger partial charge < -0.3 is 15.4 Å². The predicted molar refractivity (Wildman–Crippen MR) is 81.0 cm³/mol. The Hall–Kier alpha value is -0.980. The monoisotopic (exact) mass is 336 g/mol. The zero-order chi connectivity index (χ0) is 17.5. The number of nitrogens with one attached hydrogen (secondary N) is 2. The Morgan fingerprint density at radius 2 is 2.00 bits per heavy atom. The highest BCUT2D eigenvalue weighted by molar-refractivity contribution is 5.74. The molecule has 2 N–H and O–H groups in total. The average molecular weight is 336 g/mol. The average Bonchev–Trinajstić information content (AvgIpc) is 2.70. The summed E-state index contributed by atoms with van der Waals surface area (Å²) >= 11 is 0. The summed E-state index contributed by atoms with van der Waals surface area (Å²) in [4.78, 5) is 12.1. The van der Waals surface area contributed by atoms with E-state index < -0.39 is 18.8 Å². The summed E-state index contributed by atoms with van der Waals surface area (Å²) in [5.41, 5.74) is 0.275. The lowest BCUT2D eigenvalue weighted by Gasteiger charge is -2.39. The fourth-order valence-electron chi connectivity index (χ4n) is 4.24. The number of urea groups is 1. The molecule has 2 aliphatic carbocycles. The second-order valence-electron chi connectivity index (χ2n) is 7.81. The van der Waals surface area contributed by atoms with Gasteiger partial charge in [0.05, 0.1) is 12.6 Å². The number of halogens is 3. The van der Waals surface area contributed by atoms with Gasteiger partial charge in [-0.3, -0.25) is 0 Å². The molecular formula is C16H27F3N2O2. The van der Waals surface area contributed by atoms with Crippen LogP contribution in [-0.2, 0) is 4.74 Å². The van der Waals surface area contributed by atoms with E-state index in [0.29, 0.717) is 5.92 Å². The fraction of sp³-hybridized carbons (Fsp3) is 0.938. The number of fused-ring (bicyclic) bond motifs is 2. The van der Waals surface area contributed by atoms with Crippen molar-refractivity contribution >= 4 is 6.03 Å². The summed E-state index contributed by atoms with van der Waals surface area (Å²) < 4.78 is 40.6. The molecule has 2 amide bonds. The van der Waals surface area contributed by atoms with E-state index in [1.54, 1.807) is 6.92 Å². The van der Waals surface area contributed by atoms with Crippen molar-refractivity contribution in [3.05, 3.63) is 0 Å². The minimum atomic E-state index is -4.34. The zero-order valence-electron chi connectivity index (χ0n) is 14.2. The molecule has 0 unspecified atom stereocenters. The van der Waals surface area contributed by atoms with E-state index >= 15 is 0 Å². The van der Waals surface area contributed by atoms with Gasteiger partial charge in [0.15, 0.2) is 0 Å². The Morgan fingerprint density at radius 3 is 2.48 bits per heavy atom. The van der Waals surface area contributed by atoms with Gasteiger partial charge >= 0.3 is 12.2 Å². The SMILES string of the molecule is C[C@H](COCC(F)(F)F)NC(=O)N[C@H]1C[C@H]2CC[C@@]1(C)C2(C)C. The van der Waals surface area contributed by atoms with Crippen LogP contribution in [0.1, 0.15) is 47.0 Å². The molecule has 0 saturated heterocycles. The molecule has 0 aromatic carbocycles. The van der Waals surface area contributed by atoms with Crippen molar-refractivity contribution in [1.29, 1.82) is 0 Å². The number of carbonyl (C=O) groups excluding carboxylic acids is 1. The molecule has 4 nitrogen and oxygen atoms in total. The van der Waals surface area contributed by atoms with Gasteiger partial charge in [-0.2, -0.15) is 13.2 Å². The number of carbonyl (C=O) groups is 1. The van der Waals surface area contributed by atoms with Gasteiger partial charge in [-0.1, -0.05) is 20.8 Å². The second kappa shape index (κ2) is 6.15. The smallest absolute Gasteiger partial charge is 0.370 e.